The first kappa shape index (κ1) is 30.5. The Morgan fingerprint density at radius 2 is 1.48 bits per heavy atom. The van der Waals surface area contributed by atoms with E-state index in [0.717, 1.165) is 21.7 Å². The van der Waals surface area contributed by atoms with E-state index in [1.54, 1.807) is 49.6 Å². The Morgan fingerprint density at radius 1 is 0.850 bits per heavy atom. The first-order valence-electron chi connectivity index (χ1n) is 12.9. The van der Waals surface area contributed by atoms with E-state index in [2.05, 4.69) is 5.32 Å². The van der Waals surface area contributed by atoms with Crippen LogP contribution < -0.4 is 19.1 Å². The maximum Gasteiger partial charge on any atom is 0.244 e. The second kappa shape index (κ2) is 13.8. The summed E-state index contributed by atoms with van der Waals surface area (Å²) in [5.74, 6) is 0.304. The summed E-state index contributed by atoms with van der Waals surface area (Å²) in [7, 11) is -0.786. The largest absolute Gasteiger partial charge is 0.497 e. The molecule has 0 aliphatic heterocycles. The van der Waals surface area contributed by atoms with Crippen molar-refractivity contribution in [3.8, 4) is 11.5 Å². The van der Waals surface area contributed by atoms with Crippen LogP contribution in [-0.2, 0) is 32.6 Å². The molecule has 214 valence electrons. The van der Waals surface area contributed by atoms with Crippen LogP contribution in [0, 0.1) is 0 Å². The van der Waals surface area contributed by atoms with E-state index in [-0.39, 0.29) is 24.9 Å². The predicted octanol–water partition coefficient (Wildman–Crippen LogP) is 3.63. The first-order valence-corrected chi connectivity index (χ1v) is 14.7. The van der Waals surface area contributed by atoms with Gasteiger partial charge in [0.05, 0.1) is 26.2 Å². The molecule has 0 heterocycles. The number of sulfonamides is 1. The number of hydrogen-bond acceptors (Lipinski definition) is 6. The van der Waals surface area contributed by atoms with Crippen LogP contribution in [0.25, 0.3) is 0 Å². The fourth-order valence-electron chi connectivity index (χ4n) is 4.26. The Labute approximate surface area is 236 Å². The van der Waals surface area contributed by atoms with Gasteiger partial charge in [-0.3, -0.25) is 13.9 Å². The molecular weight excluding hydrogens is 530 g/mol. The van der Waals surface area contributed by atoms with Gasteiger partial charge in [-0.25, -0.2) is 8.42 Å². The minimum Gasteiger partial charge on any atom is -0.497 e. The molecule has 0 spiro atoms. The van der Waals surface area contributed by atoms with Gasteiger partial charge in [0.2, 0.25) is 21.8 Å². The second-order valence-electron chi connectivity index (χ2n) is 9.71. The van der Waals surface area contributed by atoms with E-state index in [0.29, 0.717) is 17.2 Å². The molecule has 0 aromatic heterocycles. The van der Waals surface area contributed by atoms with Crippen LogP contribution in [0.15, 0.2) is 78.9 Å². The van der Waals surface area contributed by atoms with E-state index < -0.39 is 28.5 Å². The molecule has 3 rings (SSSR count). The van der Waals surface area contributed by atoms with Gasteiger partial charge in [-0.2, -0.15) is 0 Å². The fraction of sp³-hybridized carbons (Fsp3) is 0.333. The molecule has 0 unspecified atom stereocenters. The van der Waals surface area contributed by atoms with Crippen LogP contribution in [0.3, 0.4) is 0 Å². The predicted molar refractivity (Wildman–Crippen MR) is 156 cm³/mol. The number of nitrogens with one attached hydrogen (secondary N) is 1. The molecule has 0 aliphatic rings. The first-order chi connectivity index (χ1) is 19.0. The summed E-state index contributed by atoms with van der Waals surface area (Å²) in [6, 6.07) is 22.0. The third kappa shape index (κ3) is 8.47. The highest BCUT2D eigenvalue weighted by atomic mass is 32.2. The molecule has 0 fully saturated rings. The van der Waals surface area contributed by atoms with Gasteiger partial charge in [-0.15, -0.1) is 0 Å². The molecule has 3 aromatic carbocycles. The van der Waals surface area contributed by atoms with Crippen LogP contribution in [0.2, 0.25) is 0 Å². The van der Waals surface area contributed by atoms with E-state index in [4.69, 9.17) is 9.47 Å². The van der Waals surface area contributed by atoms with Crippen molar-refractivity contribution in [1.82, 2.24) is 10.2 Å². The van der Waals surface area contributed by atoms with Gasteiger partial charge in [0, 0.05) is 19.0 Å². The van der Waals surface area contributed by atoms with Gasteiger partial charge >= 0.3 is 0 Å². The van der Waals surface area contributed by atoms with Crippen LogP contribution in [0.5, 0.6) is 11.5 Å². The standard InChI is InChI=1S/C30H37N3O6S/c1-22(2)31-30(35)28(19-23-10-7-6-8-11-23)32(20-24-12-9-13-27(18-24)39-4)29(34)21-33(40(5,36)37)25-14-16-26(38-3)17-15-25/h6-18,22,28H,19-21H2,1-5H3,(H,31,35)/t28-/m1/s1. The monoisotopic (exact) mass is 567 g/mol. The molecule has 0 saturated heterocycles. The molecular formula is C30H37N3O6S. The Bertz CT molecular complexity index is 1380. The van der Waals surface area contributed by atoms with Gasteiger partial charge in [0.15, 0.2) is 0 Å². The highest BCUT2D eigenvalue weighted by molar-refractivity contribution is 7.92. The van der Waals surface area contributed by atoms with Crippen molar-refractivity contribution in [2.45, 2.75) is 38.9 Å². The lowest BCUT2D eigenvalue weighted by atomic mass is 10.0. The van der Waals surface area contributed by atoms with Crippen LogP contribution in [-0.4, -0.2) is 64.2 Å². The van der Waals surface area contributed by atoms with E-state index >= 15 is 0 Å². The molecule has 0 bridgehead atoms. The minimum atomic E-state index is -3.85. The van der Waals surface area contributed by atoms with Crippen LogP contribution >= 0.6 is 0 Å². The molecule has 0 aliphatic carbocycles. The Hall–Kier alpha value is -4.05. The number of rotatable bonds is 13. The maximum atomic E-state index is 14.1. The zero-order valence-corrected chi connectivity index (χ0v) is 24.4. The zero-order chi connectivity index (χ0) is 29.3. The highest BCUT2D eigenvalue weighted by Crippen LogP contribution is 2.23. The van der Waals surface area contributed by atoms with Gasteiger partial charge in [-0.1, -0.05) is 42.5 Å². The number of carbonyl (C=O) groups is 2. The molecule has 9 nitrogen and oxygen atoms in total. The SMILES string of the molecule is COc1ccc(N(CC(=O)N(Cc2cccc(OC)c2)[C@H](Cc2ccccc2)C(=O)NC(C)C)S(C)(=O)=O)cc1. The van der Waals surface area contributed by atoms with Gasteiger partial charge in [0.25, 0.3) is 0 Å². The topological polar surface area (TPSA) is 105 Å². The zero-order valence-electron chi connectivity index (χ0n) is 23.5. The number of hydrogen-bond donors (Lipinski definition) is 1. The quantitative estimate of drug-likeness (QED) is 0.338. The molecule has 3 aromatic rings. The number of nitrogens with zero attached hydrogens (tertiary/aromatic N) is 2. The lowest BCUT2D eigenvalue weighted by Crippen LogP contribution is -2.54. The molecule has 10 heteroatoms. The van der Waals surface area contributed by atoms with Crippen molar-refractivity contribution in [3.05, 3.63) is 90.0 Å². The van der Waals surface area contributed by atoms with Gasteiger partial charge in [-0.05, 0) is 61.4 Å². The third-order valence-electron chi connectivity index (χ3n) is 6.23. The summed E-state index contributed by atoms with van der Waals surface area (Å²) in [5.41, 5.74) is 1.91. The van der Waals surface area contributed by atoms with Crippen molar-refractivity contribution >= 4 is 27.5 Å². The summed E-state index contributed by atoms with van der Waals surface area (Å²) in [6.07, 6.45) is 1.29. The molecule has 40 heavy (non-hydrogen) atoms. The molecule has 2 amide bonds. The van der Waals surface area contributed by atoms with Crippen molar-refractivity contribution in [2.75, 3.05) is 31.3 Å². The number of methoxy groups -OCH3 is 2. The molecule has 0 radical (unpaired) electrons. The normalized spacial score (nSPS) is 11.9. The van der Waals surface area contributed by atoms with E-state index in [1.807, 2.05) is 50.2 Å². The highest BCUT2D eigenvalue weighted by Gasteiger charge is 2.33. The molecule has 0 saturated carbocycles. The average molecular weight is 568 g/mol. The van der Waals surface area contributed by atoms with Crippen LogP contribution in [0.4, 0.5) is 5.69 Å². The number of amides is 2. The Balaban J connectivity index is 2.05. The smallest absolute Gasteiger partial charge is 0.244 e. The molecule has 1 atom stereocenters. The number of carbonyl (C=O) groups excluding carboxylic acids is 2. The molecule has 1 N–H and O–H groups in total. The van der Waals surface area contributed by atoms with Gasteiger partial charge in [0.1, 0.15) is 24.1 Å². The van der Waals surface area contributed by atoms with Crippen LogP contribution in [0.1, 0.15) is 25.0 Å². The summed E-state index contributed by atoms with van der Waals surface area (Å²) in [4.78, 5) is 29.1. The lowest BCUT2D eigenvalue weighted by Gasteiger charge is -2.34. The van der Waals surface area contributed by atoms with Crippen molar-refractivity contribution in [1.29, 1.82) is 0 Å². The summed E-state index contributed by atoms with van der Waals surface area (Å²) in [5, 5.41) is 2.93. The van der Waals surface area contributed by atoms with Crippen molar-refractivity contribution < 1.29 is 27.5 Å². The third-order valence-corrected chi connectivity index (χ3v) is 7.37. The Kier molecular flexibility index (Phi) is 10.6. The fourth-order valence-corrected chi connectivity index (χ4v) is 5.11. The van der Waals surface area contributed by atoms with E-state index in [1.165, 1.54) is 12.0 Å². The second-order valence-corrected chi connectivity index (χ2v) is 11.6. The summed E-state index contributed by atoms with van der Waals surface area (Å²) >= 11 is 0. The van der Waals surface area contributed by atoms with Gasteiger partial charge < -0.3 is 19.7 Å². The van der Waals surface area contributed by atoms with Crippen molar-refractivity contribution in [2.24, 2.45) is 0 Å². The van der Waals surface area contributed by atoms with E-state index in [9.17, 15) is 18.0 Å². The minimum absolute atomic E-state index is 0.0687. The number of benzene rings is 3. The number of ether oxygens (including phenoxy) is 2. The average Bonchev–Trinajstić information content (AvgIpc) is 2.93. The Morgan fingerprint density at radius 3 is 2.05 bits per heavy atom. The number of anilines is 1. The summed E-state index contributed by atoms with van der Waals surface area (Å²) in [6.45, 7) is 3.27. The summed E-state index contributed by atoms with van der Waals surface area (Å²) < 4.78 is 37.3. The maximum absolute atomic E-state index is 14.1. The lowest BCUT2D eigenvalue weighted by molar-refractivity contribution is -0.140. The van der Waals surface area contributed by atoms with Crippen molar-refractivity contribution in [3.63, 3.8) is 0 Å².